The summed E-state index contributed by atoms with van der Waals surface area (Å²) in [6, 6.07) is 15.5. The summed E-state index contributed by atoms with van der Waals surface area (Å²) in [7, 11) is 1.87. The standard InChI is InChI=1S/C24H28N2O2/c1-18-12-14-19(15-13-18)16-17-23(27)25-22-11-7-6-10-21(22)24(28)26(2)20-8-4-3-5-9-20/h6-7,10-17,20H,3-5,8-9H2,1-2H3,(H,25,27). The molecule has 3 rings (SSSR count). The third-order valence-electron chi connectivity index (χ3n) is 5.36. The number of carbonyl (C=O) groups is 2. The van der Waals surface area contributed by atoms with Crippen LogP contribution in [0.3, 0.4) is 0 Å². The molecule has 1 fully saturated rings. The molecule has 28 heavy (non-hydrogen) atoms. The molecule has 0 aliphatic heterocycles. The van der Waals surface area contributed by atoms with Crippen LogP contribution in [0.2, 0.25) is 0 Å². The van der Waals surface area contributed by atoms with Crippen LogP contribution < -0.4 is 5.32 Å². The van der Waals surface area contributed by atoms with E-state index in [1.54, 1.807) is 18.2 Å². The molecule has 4 heteroatoms. The van der Waals surface area contributed by atoms with E-state index in [9.17, 15) is 9.59 Å². The molecule has 2 aromatic carbocycles. The molecule has 0 bridgehead atoms. The molecule has 0 aromatic heterocycles. The molecule has 1 saturated carbocycles. The lowest BCUT2D eigenvalue weighted by atomic mass is 9.94. The average molecular weight is 377 g/mol. The van der Waals surface area contributed by atoms with Gasteiger partial charge in [0.25, 0.3) is 5.91 Å². The van der Waals surface area contributed by atoms with E-state index in [-0.39, 0.29) is 17.9 Å². The Morgan fingerprint density at radius 1 is 1.00 bits per heavy atom. The van der Waals surface area contributed by atoms with Gasteiger partial charge in [-0.2, -0.15) is 0 Å². The molecule has 0 unspecified atom stereocenters. The van der Waals surface area contributed by atoms with Crippen LogP contribution in [0.5, 0.6) is 0 Å². The van der Waals surface area contributed by atoms with Crippen LogP contribution in [0.1, 0.15) is 53.6 Å². The van der Waals surface area contributed by atoms with Gasteiger partial charge in [-0.1, -0.05) is 61.2 Å². The van der Waals surface area contributed by atoms with Crippen molar-refractivity contribution < 1.29 is 9.59 Å². The summed E-state index contributed by atoms with van der Waals surface area (Å²) < 4.78 is 0. The Labute approximate surface area is 167 Å². The van der Waals surface area contributed by atoms with Crippen molar-refractivity contribution in [2.45, 2.75) is 45.1 Å². The van der Waals surface area contributed by atoms with Gasteiger partial charge in [0.1, 0.15) is 0 Å². The normalized spacial score (nSPS) is 14.8. The van der Waals surface area contributed by atoms with E-state index in [0.717, 1.165) is 18.4 Å². The Morgan fingerprint density at radius 2 is 1.68 bits per heavy atom. The van der Waals surface area contributed by atoms with E-state index in [0.29, 0.717) is 11.3 Å². The number of rotatable bonds is 5. The third-order valence-corrected chi connectivity index (χ3v) is 5.36. The minimum atomic E-state index is -0.249. The quantitative estimate of drug-likeness (QED) is 0.742. The van der Waals surface area contributed by atoms with Crippen molar-refractivity contribution in [1.82, 2.24) is 4.90 Å². The number of amides is 2. The van der Waals surface area contributed by atoms with Crippen LogP contribution in [0.25, 0.3) is 6.08 Å². The third kappa shape index (κ3) is 5.10. The van der Waals surface area contributed by atoms with Gasteiger partial charge in [0, 0.05) is 19.2 Å². The molecule has 1 aliphatic carbocycles. The van der Waals surface area contributed by atoms with E-state index in [4.69, 9.17) is 0 Å². The molecule has 0 saturated heterocycles. The first-order valence-corrected chi connectivity index (χ1v) is 9.96. The van der Waals surface area contributed by atoms with Crippen molar-refractivity contribution in [1.29, 1.82) is 0 Å². The van der Waals surface area contributed by atoms with Crippen LogP contribution in [-0.4, -0.2) is 29.8 Å². The number of anilines is 1. The van der Waals surface area contributed by atoms with Crippen LogP contribution in [0.15, 0.2) is 54.6 Å². The monoisotopic (exact) mass is 376 g/mol. The van der Waals surface area contributed by atoms with Crippen LogP contribution in [0.4, 0.5) is 5.69 Å². The molecule has 1 aliphatic rings. The second-order valence-electron chi connectivity index (χ2n) is 7.49. The number of hydrogen-bond acceptors (Lipinski definition) is 2. The van der Waals surface area contributed by atoms with Crippen molar-refractivity contribution in [3.63, 3.8) is 0 Å². The zero-order valence-electron chi connectivity index (χ0n) is 16.7. The van der Waals surface area contributed by atoms with E-state index in [1.165, 1.54) is 30.9 Å². The summed E-state index contributed by atoms with van der Waals surface area (Å²) in [5, 5.41) is 2.86. The van der Waals surface area contributed by atoms with Crippen LogP contribution in [0, 0.1) is 6.92 Å². The molecule has 2 aromatic rings. The summed E-state index contributed by atoms with van der Waals surface area (Å²) in [5.74, 6) is -0.286. The summed E-state index contributed by atoms with van der Waals surface area (Å²) >= 11 is 0. The zero-order chi connectivity index (χ0) is 19.9. The first-order valence-electron chi connectivity index (χ1n) is 9.96. The maximum Gasteiger partial charge on any atom is 0.255 e. The highest BCUT2D eigenvalue weighted by molar-refractivity contribution is 6.07. The maximum absolute atomic E-state index is 13.0. The van der Waals surface area contributed by atoms with Gasteiger partial charge in [0.15, 0.2) is 0 Å². The van der Waals surface area contributed by atoms with Gasteiger partial charge >= 0.3 is 0 Å². The molecular weight excluding hydrogens is 348 g/mol. The molecule has 0 radical (unpaired) electrons. The average Bonchev–Trinajstić information content (AvgIpc) is 2.73. The number of nitrogens with zero attached hydrogens (tertiary/aromatic N) is 1. The maximum atomic E-state index is 13.0. The van der Waals surface area contributed by atoms with Crippen molar-refractivity contribution in [2.24, 2.45) is 0 Å². The highest BCUT2D eigenvalue weighted by Gasteiger charge is 2.24. The number of benzene rings is 2. The van der Waals surface area contributed by atoms with Crippen molar-refractivity contribution >= 4 is 23.6 Å². The number of aryl methyl sites for hydroxylation is 1. The van der Waals surface area contributed by atoms with Gasteiger partial charge in [-0.05, 0) is 43.5 Å². The number of hydrogen-bond donors (Lipinski definition) is 1. The molecule has 4 nitrogen and oxygen atoms in total. The van der Waals surface area contributed by atoms with Crippen molar-refractivity contribution in [3.05, 3.63) is 71.3 Å². The Morgan fingerprint density at radius 3 is 2.39 bits per heavy atom. The summed E-state index contributed by atoms with van der Waals surface area (Å²) in [6.07, 6.45) is 8.96. The fourth-order valence-electron chi connectivity index (χ4n) is 3.63. The smallest absolute Gasteiger partial charge is 0.255 e. The predicted molar refractivity (Wildman–Crippen MR) is 114 cm³/mol. The van der Waals surface area contributed by atoms with Crippen LogP contribution >= 0.6 is 0 Å². The van der Waals surface area contributed by atoms with E-state index in [1.807, 2.05) is 55.3 Å². The lowest BCUT2D eigenvalue weighted by Crippen LogP contribution is -2.38. The van der Waals surface area contributed by atoms with E-state index < -0.39 is 0 Å². The minimum Gasteiger partial charge on any atom is -0.339 e. The Kier molecular flexibility index (Phi) is 6.64. The summed E-state index contributed by atoms with van der Waals surface area (Å²) in [4.78, 5) is 27.2. The fourth-order valence-corrected chi connectivity index (χ4v) is 3.63. The second-order valence-corrected chi connectivity index (χ2v) is 7.49. The SMILES string of the molecule is Cc1ccc(C=CC(=O)Nc2ccccc2C(=O)N(C)C2CCCCC2)cc1. The predicted octanol–water partition coefficient (Wildman–Crippen LogP) is 5.05. The highest BCUT2D eigenvalue weighted by atomic mass is 16.2. The lowest BCUT2D eigenvalue weighted by Gasteiger charge is -2.31. The van der Waals surface area contributed by atoms with Gasteiger partial charge in [-0.3, -0.25) is 9.59 Å². The first-order chi connectivity index (χ1) is 13.5. The molecule has 2 amide bonds. The van der Waals surface area contributed by atoms with Gasteiger partial charge in [-0.25, -0.2) is 0 Å². The number of carbonyl (C=O) groups excluding carboxylic acids is 2. The Hall–Kier alpha value is -2.88. The zero-order valence-corrected chi connectivity index (χ0v) is 16.7. The summed E-state index contributed by atoms with van der Waals surface area (Å²) in [6.45, 7) is 2.03. The van der Waals surface area contributed by atoms with Gasteiger partial charge in [0.2, 0.25) is 5.91 Å². The Balaban J connectivity index is 1.69. The second kappa shape index (κ2) is 9.36. The van der Waals surface area contributed by atoms with Crippen molar-refractivity contribution in [3.8, 4) is 0 Å². The molecule has 0 heterocycles. The number of nitrogens with one attached hydrogen (secondary N) is 1. The Bertz CT molecular complexity index is 849. The largest absolute Gasteiger partial charge is 0.339 e. The lowest BCUT2D eigenvalue weighted by molar-refractivity contribution is -0.111. The fraction of sp³-hybridized carbons (Fsp3) is 0.333. The molecule has 1 N–H and O–H groups in total. The highest BCUT2D eigenvalue weighted by Crippen LogP contribution is 2.25. The topological polar surface area (TPSA) is 49.4 Å². The molecular formula is C24H28N2O2. The minimum absolute atomic E-state index is 0.0367. The van der Waals surface area contributed by atoms with E-state index >= 15 is 0 Å². The van der Waals surface area contributed by atoms with Crippen molar-refractivity contribution in [2.75, 3.05) is 12.4 Å². The number of para-hydroxylation sites is 1. The molecule has 146 valence electrons. The first kappa shape index (κ1) is 19.9. The van der Waals surface area contributed by atoms with Gasteiger partial charge in [0.05, 0.1) is 11.3 Å². The van der Waals surface area contributed by atoms with Crippen LogP contribution in [-0.2, 0) is 4.79 Å². The molecule has 0 spiro atoms. The van der Waals surface area contributed by atoms with Gasteiger partial charge < -0.3 is 10.2 Å². The summed E-state index contributed by atoms with van der Waals surface area (Å²) in [5.41, 5.74) is 3.22. The van der Waals surface area contributed by atoms with Gasteiger partial charge in [-0.15, -0.1) is 0 Å². The molecule has 0 atom stereocenters. The van der Waals surface area contributed by atoms with E-state index in [2.05, 4.69) is 5.32 Å².